The molecular formula is C22H20FN5O4S. The van der Waals surface area contributed by atoms with Crippen molar-refractivity contribution in [2.45, 2.75) is 6.92 Å². The number of non-ortho nitro benzene ring substituents is 1. The Labute approximate surface area is 192 Å². The van der Waals surface area contributed by atoms with Gasteiger partial charge in [-0.3, -0.25) is 24.6 Å². The molecule has 0 saturated heterocycles. The van der Waals surface area contributed by atoms with Crippen molar-refractivity contribution in [1.82, 2.24) is 10.3 Å². The summed E-state index contributed by atoms with van der Waals surface area (Å²) in [6, 6.07) is 11.9. The first-order chi connectivity index (χ1) is 15.8. The number of para-hydroxylation sites is 1. The molecule has 1 aromatic heterocycles. The van der Waals surface area contributed by atoms with Crippen LogP contribution >= 0.6 is 11.3 Å². The molecule has 11 heteroatoms. The molecule has 0 fully saturated rings. The van der Waals surface area contributed by atoms with Crippen molar-refractivity contribution in [3.05, 3.63) is 81.6 Å². The van der Waals surface area contributed by atoms with E-state index >= 15 is 0 Å². The lowest BCUT2D eigenvalue weighted by Crippen LogP contribution is -2.27. The fraction of sp³-hybridized carbons (Fsp3) is 0.136. The van der Waals surface area contributed by atoms with Gasteiger partial charge in [0.1, 0.15) is 5.82 Å². The fourth-order valence-corrected chi connectivity index (χ4v) is 3.66. The Morgan fingerprint density at radius 2 is 1.91 bits per heavy atom. The van der Waals surface area contributed by atoms with E-state index in [-0.39, 0.29) is 23.2 Å². The maximum Gasteiger partial charge on any atom is 0.269 e. The van der Waals surface area contributed by atoms with Crippen LogP contribution in [-0.2, 0) is 9.59 Å². The number of hydrogen-bond acceptors (Lipinski definition) is 7. The summed E-state index contributed by atoms with van der Waals surface area (Å²) in [4.78, 5) is 39.8. The highest BCUT2D eigenvalue weighted by atomic mass is 32.1. The molecule has 0 aliphatic rings. The Balaban J connectivity index is 1.52. The monoisotopic (exact) mass is 469 g/mol. The molecular weight excluding hydrogens is 449 g/mol. The zero-order valence-corrected chi connectivity index (χ0v) is 18.3. The van der Waals surface area contributed by atoms with Gasteiger partial charge in [-0.25, -0.2) is 9.37 Å². The largest absolute Gasteiger partial charge is 0.383 e. The Bertz CT molecular complexity index is 1180. The average Bonchev–Trinajstić information content (AvgIpc) is 3.25. The summed E-state index contributed by atoms with van der Waals surface area (Å²) in [5.41, 5.74) is 1.26. The van der Waals surface area contributed by atoms with Crippen LogP contribution in [0.1, 0.15) is 12.6 Å². The lowest BCUT2D eigenvalue weighted by atomic mass is 10.3. The Hall–Kier alpha value is -4.12. The summed E-state index contributed by atoms with van der Waals surface area (Å²) < 4.78 is 14.1. The first-order valence-electron chi connectivity index (χ1n) is 9.80. The predicted octanol–water partition coefficient (Wildman–Crippen LogP) is 4.12. The molecule has 9 nitrogen and oxygen atoms in total. The van der Waals surface area contributed by atoms with Gasteiger partial charge in [0.25, 0.3) is 5.69 Å². The SMILES string of the molecule is CC(=O)N(c1nc(/C=C/C(=O)NCCNc2ccc([N+](=O)[O-])cc2)cs1)c1ccccc1F. The number of halogens is 1. The Morgan fingerprint density at radius 3 is 2.58 bits per heavy atom. The number of aromatic nitrogens is 1. The van der Waals surface area contributed by atoms with Crippen LogP contribution in [0.5, 0.6) is 0 Å². The molecule has 3 rings (SSSR count). The number of amides is 2. The number of nitrogens with zero attached hydrogens (tertiary/aromatic N) is 3. The van der Waals surface area contributed by atoms with Crippen LogP contribution in [0.3, 0.4) is 0 Å². The van der Waals surface area contributed by atoms with Gasteiger partial charge in [-0.1, -0.05) is 12.1 Å². The number of nitrogens with one attached hydrogen (secondary N) is 2. The third kappa shape index (κ3) is 6.43. The molecule has 2 aromatic carbocycles. The van der Waals surface area contributed by atoms with Gasteiger partial charge in [0.2, 0.25) is 11.8 Å². The van der Waals surface area contributed by atoms with Gasteiger partial charge in [-0.15, -0.1) is 11.3 Å². The highest BCUT2D eigenvalue weighted by Gasteiger charge is 2.20. The van der Waals surface area contributed by atoms with E-state index in [2.05, 4.69) is 15.6 Å². The molecule has 0 aliphatic carbocycles. The van der Waals surface area contributed by atoms with E-state index in [9.17, 15) is 24.1 Å². The molecule has 2 N–H and O–H groups in total. The first kappa shape index (κ1) is 23.5. The van der Waals surface area contributed by atoms with Gasteiger partial charge < -0.3 is 10.6 Å². The van der Waals surface area contributed by atoms with E-state index < -0.39 is 10.7 Å². The summed E-state index contributed by atoms with van der Waals surface area (Å²) in [6.07, 6.45) is 2.81. The Morgan fingerprint density at radius 1 is 1.18 bits per heavy atom. The van der Waals surface area contributed by atoms with Crippen molar-refractivity contribution >= 4 is 51.4 Å². The summed E-state index contributed by atoms with van der Waals surface area (Å²) in [5.74, 6) is -1.27. The summed E-state index contributed by atoms with van der Waals surface area (Å²) in [6.45, 7) is 2.07. The van der Waals surface area contributed by atoms with Crippen molar-refractivity contribution in [3.63, 3.8) is 0 Å². The van der Waals surface area contributed by atoms with Gasteiger partial charge in [-0.05, 0) is 30.3 Å². The van der Waals surface area contributed by atoms with Crippen LogP contribution in [0.25, 0.3) is 6.08 Å². The number of carbonyl (C=O) groups is 2. The molecule has 0 aliphatic heterocycles. The molecule has 0 saturated carbocycles. The minimum Gasteiger partial charge on any atom is -0.383 e. The number of rotatable bonds is 9. The lowest BCUT2D eigenvalue weighted by Gasteiger charge is -2.18. The van der Waals surface area contributed by atoms with Crippen molar-refractivity contribution in [1.29, 1.82) is 0 Å². The van der Waals surface area contributed by atoms with Gasteiger partial charge in [-0.2, -0.15) is 0 Å². The maximum absolute atomic E-state index is 14.1. The van der Waals surface area contributed by atoms with E-state index in [0.29, 0.717) is 29.6 Å². The first-order valence-corrected chi connectivity index (χ1v) is 10.7. The zero-order valence-electron chi connectivity index (χ0n) is 17.5. The second-order valence-electron chi connectivity index (χ2n) is 6.72. The predicted molar refractivity (Wildman–Crippen MR) is 125 cm³/mol. The lowest BCUT2D eigenvalue weighted by molar-refractivity contribution is -0.384. The summed E-state index contributed by atoms with van der Waals surface area (Å²) in [5, 5.41) is 18.3. The number of benzene rings is 2. The van der Waals surface area contributed by atoms with Crippen LogP contribution in [0.4, 0.5) is 26.6 Å². The minimum atomic E-state index is -0.540. The molecule has 33 heavy (non-hydrogen) atoms. The number of hydrogen-bond donors (Lipinski definition) is 2. The molecule has 1 heterocycles. The molecule has 0 spiro atoms. The number of thiazole rings is 1. The van der Waals surface area contributed by atoms with Crippen molar-refractivity contribution < 1.29 is 18.9 Å². The number of nitro groups is 1. The summed E-state index contributed by atoms with van der Waals surface area (Å²) >= 11 is 1.16. The number of anilines is 3. The van der Waals surface area contributed by atoms with Crippen molar-refractivity contribution in [2.75, 3.05) is 23.3 Å². The second-order valence-corrected chi connectivity index (χ2v) is 7.55. The number of carbonyl (C=O) groups excluding carboxylic acids is 2. The Kier molecular flexibility index (Phi) is 7.82. The molecule has 0 bridgehead atoms. The van der Waals surface area contributed by atoms with E-state index in [0.717, 1.165) is 11.3 Å². The highest BCUT2D eigenvalue weighted by molar-refractivity contribution is 7.14. The average molecular weight is 469 g/mol. The smallest absolute Gasteiger partial charge is 0.269 e. The molecule has 2 amide bonds. The standard InChI is InChI=1S/C22H20FN5O4S/c1-15(29)27(20-5-3-2-4-19(20)23)22-26-17(14-33-22)8-11-21(30)25-13-12-24-16-6-9-18(10-7-16)28(31)32/h2-11,14,24H,12-13H2,1H3,(H,25,30)/b11-8+. The topological polar surface area (TPSA) is 117 Å². The molecule has 0 unspecified atom stereocenters. The highest BCUT2D eigenvalue weighted by Crippen LogP contribution is 2.30. The molecule has 170 valence electrons. The molecule has 3 aromatic rings. The van der Waals surface area contributed by atoms with Crippen molar-refractivity contribution in [2.24, 2.45) is 0 Å². The quantitative estimate of drug-likeness (QED) is 0.211. The molecule has 0 radical (unpaired) electrons. The van der Waals surface area contributed by atoms with Crippen molar-refractivity contribution in [3.8, 4) is 0 Å². The molecule has 0 atom stereocenters. The third-order valence-corrected chi connectivity index (χ3v) is 5.19. The van der Waals surface area contributed by atoms with E-state index in [4.69, 9.17) is 0 Å². The second kappa shape index (κ2) is 11.0. The van der Waals surface area contributed by atoms with Gasteiger partial charge in [0.05, 0.1) is 16.3 Å². The van der Waals surface area contributed by atoms with E-state index in [1.165, 1.54) is 54.3 Å². The van der Waals surface area contributed by atoms with Gasteiger partial charge in [0.15, 0.2) is 5.13 Å². The van der Waals surface area contributed by atoms with Gasteiger partial charge in [0, 0.05) is 49.3 Å². The zero-order chi connectivity index (χ0) is 23.8. The van der Waals surface area contributed by atoms with Crippen LogP contribution < -0.4 is 15.5 Å². The van der Waals surface area contributed by atoms with E-state index in [1.54, 1.807) is 23.6 Å². The van der Waals surface area contributed by atoms with Crippen LogP contribution in [-0.4, -0.2) is 34.8 Å². The van der Waals surface area contributed by atoms with Crippen LogP contribution in [0.15, 0.2) is 60.0 Å². The maximum atomic E-state index is 14.1. The summed E-state index contributed by atoms with van der Waals surface area (Å²) in [7, 11) is 0. The third-order valence-electron chi connectivity index (χ3n) is 4.35. The van der Waals surface area contributed by atoms with Crippen LogP contribution in [0.2, 0.25) is 0 Å². The fourth-order valence-electron chi connectivity index (χ4n) is 2.81. The van der Waals surface area contributed by atoms with Gasteiger partial charge >= 0.3 is 0 Å². The van der Waals surface area contributed by atoms with E-state index in [1.807, 2.05) is 0 Å². The minimum absolute atomic E-state index is 0.00418. The van der Waals surface area contributed by atoms with Crippen LogP contribution in [0, 0.1) is 15.9 Å². The normalized spacial score (nSPS) is 10.7. The number of nitro benzene ring substituents is 1.